The van der Waals surface area contributed by atoms with Gasteiger partial charge in [0, 0.05) is 49.7 Å². The van der Waals surface area contributed by atoms with Crippen LogP contribution in [-0.4, -0.2) is 56.5 Å². The Kier molecular flexibility index (Phi) is 6.09. The number of carbonyl (C=O) groups is 1. The fraction of sp³-hybridized carbons (Fsp3) is 0.320. The van der Waals surface area contributed by atoms with Gasteiger partial charge in [-0.05, 0) is 49.9 Å². The first-order valence-corrected chi connectivity index (χ1v) is 14.4. The van der Waals surface area contributed by atoms with Crippen LogP contribution in [0.25, 0.3) is 21.8 Å². The molecule has 4 aromatic heterocycles. The summed E-state index contributed by atoms with van der Waals surface area (Å²) in [6, 6.07) is 8.85. The van der Waals surface area contributed by atoms with Gasteiger partial charge in [-0.2, -0.15) is 9.40 Å². The molecule has 2 aliphatic rings. The SMILES string of the molecule is CC(=O)Nc1nc2c(s1)-c1c(c(-c3cccnc3)nn1C1CCN(S(=O)(=O)c3ccccn3)CC1)CC2. The maximum atomic E-state index is 13.1. The Morgan fingerprint density at radius 3 is 2.65 bits per heavy atom. The van der Waals surface area contributed by atoms with Crippen molar-refractivity contribution >= 4 is 32.4 Å². The van der Waals surface area contributed by atoms with Gasteiger partial charge < -0.3 is 5.32 Å². The Hall–Kier alpha value is -3.48. The standard InChI is InChI=1S/C25H25N7O3S2/c1-16(33)28-25-29-20-8-7-19-22(17-5-4-11-26-15-17)30-32(23(19)24(20)36-25)18-9-13-31(14-10-18)37(34,35)21-6-2-3-12-27-21/h2-6,11-12,15,18H,7-10,13-14H2,1H3,(H,28,29,33). The summed E-state index contributed by atoms with van der Waals surface area (Å²) in [5.41, 5.74) is 4.95. The molecule has 1 N–H and O–H groups in total. The summed E-state index contributed by atoms with van der Waals surface area (Å²) in [6.07, 6.45) is 7.85. The van der Waals surface area contributed by atoms with Crippen LogP contribution >= 0.6 is 11.3 Å². The zero-order valence-electron chi connectivity index (χ0n) is 20.2. The molecule has 1 fully saturated rings. The minimum Gasteiger partial charge on any atom is -0.302 e. The normalized spacial score (nSPS) is 16.2. The number of thiazole rings is 1. The van der Waals surface area contributed by atoms with Gasteiger partial charge in [0.15, 0.2) is 10.2 Å². The van der Waals surface area contributed by atoms with Gasteiger partial charge in [0.25, 0.3) is 10.0 Å². The van der Waals surface area contributed by atoms with Crippen molar-refractivity contribution in [3.8, 4) is 21.8 Å². The summed E-state index contributed by atoms with van der Waals surface area (Å²) in [6.45, 7) is 2.24. The zero-order valence-corrected chi connectivity index (χ0v) is 21.8. The molecule has 37 heavy (non-hydrogen) atoms. The lowest BCUT2D eigenvalue weighted by molar-refractivity contribution is -0.114. The molecule has 4 aromatic rings. The van der Waals surface area contributed by atoms with Gasteiger partial charge in [0.1, 0.15) is 0 Å². The Morgan fingerprint density at radius 1 is 1.11 bits per heavy atom. The van der Waals surface area contributed by atoms with E-state index >= 15 is 0 Å². The molecule has 0 unspecified atom stereocenters. The summed E-state index contributed by atoms with van der Waals surface area (Å²) in [5, 5.41) is 8.56. The van der Waals surface area contributed by atoms with Gasteiger partial charge in [-0.25, -0.2) is 18.4 Å². The van der Waals surface area contributed by atoms with Crippen LogP contribution in [0, 0.1) is 0 Å². The molecule has 190 valence electrons. The molecule has 1 aliphatic carbocycles. The van der Waals surface area contributed by atoms with Crippen molar-refractivity contribution < 1.29 is 13.2 Å². The molecule has 5 heterocycles. The number of nitrogens with one attached hydrogen (secondary N) is 1. The van der Waals surface area contributed by atoms with Crippen molar-refractivity contribution in [3.05, 3.63) is 60.2 Å². The molecule has 0 saturated carbocycles. The van der Waals surface area contributed by atoms with Crippen LogP contribution in [-0.2, 0) is 27.7 Å². The maximum Gasteiger partial charge on any atom is 0.260 e. The fourth-order valence-corrected chi connectivity index (χ4v) is 7.58. The molecular weight excluding hydrogens is 510 g/mol. The largest absolute Gasteiger partial charge is 0.302 e. The fourth-order valence-electron chi connectivity index (χ4n) is 5.06. The number of nitrogens with zero attached hydrogens (tertiary/aromatic N) is 6. The number of fused-ring (bicyclic) bond motifs is 3. The van der Waals surface area contributed by atoms with Crippen LogP contribution in [0.3, 0.4) is 0 Å². The second-order valence-electron chi connectivity index (χ2n) is 9.14. The summed E-state index contributed by atoms with van der Waals surface area (Å²) in [4.78, 5) is 25.7. The van der Waals surface area contributed by atoms with Gasteiger partial charge in [-0.15, -0.1) is 0 Å². The lowest BCUT2D eigenvalue weighted by atomic mass is 9.95. The van der Waals surface area contributed by atoms with E-state index in [4.69, 9.17) is 5.10 Å². The number of hydrogen-bond acceptors (Lipinski definition) is 8. The predicted octanol–water partition coefficient (Wildman–Crippen LogP) is 3.55. The van der Waals surface area contributed by atoms with Crippen molar-refractivity contribution in [2.75, 3.05) is 18.4 Å². The number of hydrogen-bond donors (Lipinski definition) is 1. The average molecular weight is 536 g/mol. The minimum atomic E-state index is -3.64. The quantitative estimate of drug-likeness (QED) is 0.415. The van der Waals surface area contributed by atoms with Crippen molar-refractivity contribution in [1.29, 1.82) is 0 Å². The lowest BCUT2D eigenvalue weighted by Crippen LogP contribution is -2.39. The number of aryl methyl sites for hydroxylation is 1. The molecule has 0 bridgehead atoms. The molecule has 6 rings (SSSR count). The van der Waals surface area contributed by atoms with E-state index in [1.54, 1.807) is 18.3 Å². The number of pyridine rings is 2. The van der Waals surface area contributed by atoms with Crippen LogP contribution in [0.15, 0.2) is 53.9 Å². The predicted molar refractivity (Wildman–Crippen MR) is 140 cm³/mol. The molecule has 1 aliphatic heterocycles. The lowest BCUT2D eigenvalue weighted by Gasteiger charge is -2.32. The number of rotatable bonds is 5. The van der Waals surface area contributed by atoms with Crippen molar-refractivity contribution in [3.63, 3.8) is 0 Å². The van der Waals surface area contributed by atoms with E-state index in [1.165, 1.54) is 34.8 Å². The molecule has 0 atom stereocenters. The van der Waals surface area contributed by atoms with E-state index in [0.717, 1.165) is 45.9 Å². The van der Waals surface area contributed by atoms with Gasteiger partial charge in [0.05, 0.1) is 28.0 Å². The number of anilines is 1. The molecular formula is C25H25N7O3S2. The van der Waals surface area contributed by atoms with Gasteiger partial charge in [-0.1, -0.05) is 17.4 Å². The number of carbonyl (C=O) groups excluding carboxylic acids is 1. The average Bonchev–Trinajstić information content (AvgIpc) is 3.50. The van der Waals surface area contributed by atoms with Crippen molar-refractivity contribution in [2.45, 2.75) is 43.7 Å². The van der Waals surface area contributed by atoms with Crippen LogP contribution in [0.1, 0.15) is 37.1 Å². The Balaban J connectivity index is 1.36. The van der Waals surface area contributed by atoms with E-state index in [1.807, 2.05) is 18.3 Å². The second-order valence-corrected chi connectivity index (χ2v) is 12.0. The highest BCUT2D eigenvalue weighted by molar-refractivity contribution is 7.89. The maximum absolute atomic E-state index is 13.1. The third-order valence-corrected chi connectivity index (χ3v) is 9.60. The van der Waals surface area contributed by atoms with Crippen LogP contribution in [0.2, 0.25) is 0 Å². The molecule has 1 amide bonds. The molecule has 10 nitrogen and oxygen atoms in total. The molecule has 1 saturated heterocycles. The summed E-state index contributed by atoms with van der Waals surface area (Å²) >= 11 is 1.46. The monoisotopic (exact) mass is 535 g/mol. The topological polar surface area (TPSA) is 123 Å². The van der Waals surface area contributed by atoms with Crippen LogP contribution in [0.5, 0.6) is 0 Å². The highest BCUT2D eigenvalue weighted by Crippen LogP contribution is 2.45. The van der Waals surface area contributed by atoms with Crippen LogP contribution in [0.4, 0.5) is 5.13 Å². The number of piperidine rings is 1. The Labute approximate surface area is 218 Å². The van der Waals surface area contributed by atoms with E-state index in [0.29, 0.717) is 31.1 Å². The van der Waals surface area contributed by atoms with Crippen molar-refractivity contribution in [2.24, 2.45) is 0 Å². The van der Waals surface area contributed by atoms with E-state index in [-0.39, 0.29) is 17.0 Å². The summed E-state index contributed by atoms with van der Waals surface area (Å²) in [5.74, 6) is -0.155. The molecule has 0 aromatic carbocycles. The highest BCUT2D eigenvalue weighted by atomic mass is 32.2. The van der Waals surface area contributed by atoms with E-state index in [2.05, 4.69) is 25.0 Å². The second kappa shape index (κ2) is 9.43. The van der Waals surface area contributed by atoms with Gasteiger partial charge in [-0.3, -0.25) is 14.5 Å². The molecule has 12 heteroatoms. The number of amides is 1. The first-order valence-electron chi connectivity index (χ1n) is 12.1. The van der Waals surface area contributed by atoms with Crippen LogP contribution < -0.4 is 5.32 Å². The minimum absolute atomic E-state index is 0.0200. The first-order chi connectivity index (χ1) is 17.9. The Morgan fingerprint density at radius 2 is 1.95 bits per heavy atom. The highest BCUT2D eigenvalue weighted by Gasteiger charge is 2.35. The third kappa shape index (κ3) is 4.34. The number of sulfonamides is 1. The Bertz CT molecular complexity index is 1560. The number of aromatic nitrogens is 5. The van der Waals surface area contributed by atoms with Crippen molar-refractivity contribution in [1.82, 2.24) is 29.0 Å². The molecule has 0 radical (unpaired) electrons. The van der Waals surface area contributed by atoms with E-state index < -0.39 is 10.0 Å². The van der Waals surface area contributed by atoms with Gasteiger partial charge >= 0.3 is 0 Å². The smallest absolute Gasteiger partial charge is 0.260 e. The zero-order chi connectivity index (χ0) is 25.6. The summed E-state index contributed by atoms with van der Waals surface area (Å²) in [7, 11) is -3.64. The summed E-state index contributed by atoms with van der Waals surface area (Å²) < 4.78 is 29.8. The van der Waals surface area contributed by atoms with Gasteiger partial charge in [0.2, 0.25) is 5.91 Å². The first kappa shape index (κ1) is 23.9. The van der Waals surface area contributed by atoms with E-state index in [9.17, 15) is 13.2 Å². The third-order valence-electron chi connectivity index (χ3n) is 6.76. The molecule has 0 spiro atoms.